The molecule has 1 aromatic heterocycles. The van der Waals surface area contributed by atoms with Crippen LogP contribution in [0.5, 0.6) is 0 Å². The summed E-state index contributed by atoms with van der Waals surface area (Å²) in [7, 11) is 4.13. The maximum Gasteiger partial charge on any atom is 0.0625 e. The van der Waals surface area contributed by atoms with Crippen LogP contribution in [0.1, 0.15) is 31.7 Å². The van der Waals surface area contributed by atoms with Crippen LogP contribution in [0.3, 0.4) is 0 Å². The van der Waals surface area contributed by atoms with Gasteiger partial charge >= 0.3 is 0 Å². The largest absolute Gasteiger partial charge is 0.301 e. The zero-order valence-electron chi connectivity index (χ0n) is 10.7. The Morgan fingerprint density at radius 2 is 2.25 bits per heavy atom. The lowest BCUT2D eigenvalue weighted by molar-refractivity contribution is 0.312. The predicted molar refractivity (Wildman–Crippen MR) is 68.9 cm³/mol. The molecule has 0 spiro atoms. The third kappa shape index (κ3) is 4.14. The average Bonchev–Trinajstić information content (AvgIpc) is 2.57. The summed E-state index contributed by atoms with van der Waals surface area (Å²) in [4.78, 5) is 2.29. The molecule has 0 aromatic carbocycles. The van der Waals surface area contributed by atoms with E-state index < -0.39 is 0 Å². The number of rotatable bonds is 6. The van der Waals surface area contributed by atoms with Crippen LogP contribution in [0.4, 0.5) is 0 Å². The Kier molecular flexibility index (Phi) is 5.29. The lowest BCUT2D eigenvalue weighted by atomic mass is 10.2. The van der Waals surface area contributed by atoms with Gasteiger partial charge in [0.15, 0.2) is 0 Å². The fraction of sp³-hybridized carbons (Fsp3) is 0.750. The molecule has 92 valence electrons. The minimum Gasteiger partial charge on any atom is -0.301 e. The first kappa shape index (κ1) is 13.5. The van der Waals surface area contributed by atoms with Gasteiger partial charge < -0.3 is 4.90 Å². The number of hydrogen-bond acceptors (Lipinski definition) is 2. The quantitative estimate of drug-likeness (QED) is 0.716. The van der Waals surface area contributed by atoms with Crippen LogP contribution in [0.25, 0.3) is 0 Å². The molecule has 4 heteroatoms. The van der Waals surface area contributed by atoms with Gasteiger partial charge in [-0.3, -0.25) is 4.68 Å². The van der Waals surface area contributed by atoms with E-state index in [0.717, 1.165) is 31.6 Å². The molecular weight excluding hydrogens is 222 g/mol. The van der Waals surface area contributed by atoms with E-state index in [1.165, 1.54) is 5.69 Å². The first-order valence-electron chi connectivity index (χ1n) is 5.87. The van der Waals surface area contributed by atoms with E-state index in [0.29, 0.717) is 0 Å². The van der Waals surface area contributed by atoms with E-state index in [1.54, 1.807) is 0 Å². The number of aryl methyl sites for hydroxylation is 2. The predicted octanol–water partition coefficient (Wildman–Crippen LogP) is 2.43. The second-order valence-corrected chi connectivity index (χ2v) is 5.16. The van der Waals surface area contributed by atoms with Crippen LogP contribution in [0, 0.1) is 0 Å². The number of alkyl halides is 1. The van der Waals surface area contributed by atoms with Crippen LogP contribution in [0.2, 0.25) is 0 Å². The van der Waals surface area contributed by atoms with Crippen molar-refractivity contribution < 1.29 is 0 Å². The highest BCUT2D eigenvalue weighted by Gasteiger charge is 2.07. The fourth-order valence-electron chi connectivity index (χ4n) is 1.65. The topological polar surface area (TPSA) is 21.1 Å². The molecule has 1 unspecified atom stereocenters. The second-order valence-electron chi connectivity index (χ2n) is 4.41. The highest BCUT2D eigenvalue weighted by Crippen LogP contribution is 2.08. The molecule has 0 fully saturated rings. The van der Waals surface area contributed by atoms with E-state index in [-0.39, 0.29) is 5.38 Å². The Bertz CT molecular complexity index is 320. The van der Waals surface area contributed by atoms with Crippen LogP contribution in [-0.4, -0.2) is 33.6 Å². The highest BCUT2D eigenvalue weighted by atomic mass is 35.5. The van der Waals surface area contributed by atoms with Gasteiger partial charge in [0.25, 0.3) is 0 Å². The molecule has 0 amide bonds. The number of halogens is 1. The van der Waals surface area contributed by atoms with Crippen LogP contribution in [0.15, 0.2) is 6.07 Å². The van der Waals surface area contributed by atoms with Crippen molar-refractivity contribution in [3.05, 3.63) is 17.5 Å². The fourth-order valence-corrected chi connectivity index (χ4v) is 1.74. The number of hydrogen-bond donors (Lipinski definition) is 0. The third-order valence-electron chi connectivity index (χ3n) is 2.73. The molecule has 16 heavy (non-hydrogen) atoms. The monoisotopic (exact) mass is 243 g/mol. The van der Waals surface area contributed by atoms with E-state index in [2.05, 4.69) is 30.0 Å². The van der Waals surface area contributed by atoms with E-state index >= 15 is 0 Å². The SMILES string of the molecule is CCc1cc(CN(C)CCC(C)Cl)n(C)n1. The van der Waals surface area contributed by atoms with Crippen molar-refractivity contribution >= 4 is 11.6 Å². The van der Waals surface area contributed by atoms with Crippen molar-refractivity contribution in [2.75, 3.05) is 13.6 Å². The zero-order chi connectivity index (χ0) is 12.1. The molecule has 0 aliphatic heterocycles. The minimum atomic E-state index is 0.250. The molecule has 0 aliphatic carbocycles. The lowest BCUT2D eigenvalue weighted by Gasteiger charge is -2.17. The summed E-state index contributed by atoms with van der Waals surface area (Å²) in [6.45, 7) is 6.13. The van der Waals surface area contributed by atoms with Crippen molar-refractivity contribution in [1.29, 1.82) is 0 Å². The average molecular weight is 244 g/mol. The standard InChI is InChI=1S/C12H22ClN3/c1-5-11-8-12(16(4)14-11)9-15(3)7-6-10(2)13/h8,10H,5-7,9H2,1-4H3. The molecule has 0 saturated heterocycles. The van der Waals surface area contributed by atoms with Crippen molar-refractivity contribution in [3.63, 3.8) is 0 Å². The highest BCUT2D eigenvalue weighted by molar-refractivity contribution is 6.20. The number of aromatic nitrogens is 2. The summed E-state index contributed by atoms with van der Waals surface area (Å²) in [6.07, 6.45) is 2.02. The summed E-state index contributed by atoms with van der Waals surface area (Å²) in [5.74, 6) is 0. The molecule has 0 saturated carbocycles. The maximum absolute atomic E-state index is 5.94. The van der Waals surface area contributed by atoms with E-state index in [9.17, 15) is 0 Å². The van der Waals surface area contributed by atoms with Gasteiger partial charge in [0.1, 0.15) is 0 Å². The molecule has 0 N–H and O–H groups in total. The van der Waals surface area contributed by atoms with Crippen LogP contribution < -0.4 is 0 Å². The van der Waals surface area contributed by atoms with E-state index in [4.69, 9.17) is 11.6 Å². The van der Waals surface area contributed by atoms with Gasteiger partial charge in [-0.2, -0.15) is 5.10 Å². The summed E-state index contributed by atoms with van der Waals surface area (Å²) >= 11 is 5.94. The normalized spacial score (nSPS) is 13.4. The minimum absolute atomic E-state index is 0.250. The van der Waals surface area contributed by atoms with Gasteiger partial charge in [-0.15, -0.1) is 11.6 Å². The Labute approximate surface area is 103 Å². The first-order chi connectivity index (χ1) is 7.52. The van der Waals surface area contributed by atoms with Crippen LogP contribution in [-0.2, 0) is 20.0 Å². The summed E-state index contributed by atoms with van der Waals surface area (Å²) in [6, 6.07) is 2.18. The van der Waals surface area contributed by atoms with Gasteiger partial charge in [0, 0.05) is 19.0 Å². The van der Waals surface area contributed by atoms with Crippen molar-refractivity contribution in [2.24, 2.45) is 7.05 Å². The first-order valence-corrected chi connectivity index (χ1v) is 6.31. The Morgan fingerprint density at radius 3 is 2.75 bits per heavy atom. The van der Waals surface area contributed by atoms with Crippen LogP contribution >= 0.6 is 11.6 Å². The van der Waals surface area contributed by atoms with Gasteiger partial charge in [0.2, 0.25) is 0 Å². The van der Waals surface area contributed by atoms with Crippen molar-refractivity contribution in [3.8, 4) is 0 Å². The van der Waals surface area contributed by atoms with Gasteiger partial charge in [-0.05, 0) is 39.4 Å². The lowest BCUT2D eigenvalue weighted by Crippen LogP contribution is -2.22. The molecule has 1 heterocycles. The molecule has 1 aromatic rings. The molecule has 0 aliphatic rings. The summed E-state index contributed by atoms with van der Waals surface area (Å²) in [5.41, 5.74) is 2.43. The van der Waals surface area contributed by atoms with Gasteiger partial charge in [-0.1, -0.05) is 6.92 Å². The zero-order valence-corrected chi connectivity index (χ0v) is 11.5. The van der Waals surface area contributed by atoms with Crippen molar-refractivity contribution in [1.82, 2.24) is 14.7 Å². The molecule has 3 nitrogen and oxygen atoms in total. The molecule has 0 radical (unpaired) electrons. The summed E-state index contributed by atoms with van der Waals surface area (Å²) < 4.78 is 1.97. The van der Waals surface area contributed by atoms with Crippen molar-refractivity contribution in [2.45, 2.75) is 38.6 Å². The molecular formula is C12H22ClN3. The van der Waals surface area contributed by atoms with E-state index in [1.807, 2.05) is 18.7 Å². The smallest absolute Gasteiger partial charge is 0.0625 e. The van der Waals surface area contributed by atoms with Gasteiger partial charge in [0.05, 0.1) is 11.4 Å². The maximum atomic E-state index is 5.94. The molecule has 0 bridgehead atoms. The molecule has 1 rings (SSSR count). The summed E-state index contributed by atoms with van der Waals surface area (Å²) in [5, 5.41) is 4.69. The Morgan fingerprint density at radius 1 is 1.56 bits per heavy atom. The second kappa shape index (κ2) is 6.26. The number of nitrogens with zero attached hydrogens (tertiary/aromatic N) is 3. The Balaban J connectivity index is 2.48. The molecule has 1 atom stereocenters. The van der Waals surface area contributed by atoms with Gasteiger partial charge in [-0.25, -0.2) is 0 Å². The Hall–Kier alpha value is -0.540. The third-order valence-corrected chi connectivity index (χ3v) is 2.95.